The number of hydrogen-bond acceptors (Lipinski definition) is 2. The van der Waals surface area contributed by atoms with Crippen LogP contribution in [0.5, 0.6) is 0 Å². The number of ether oxygens (including phenoxy) is 1. The Labute approximate surface area is 103 Å². The second kappa shape index (κ2) is 4.29. The van der Waals surface area contributed by atoms with Crippen molar-refractivity contribution < 1.29 is 17.7 Å². The van der Waals surface area contributed by atoms with Gasteiger partial charge in [-0.05, 0) is 43.8 Å². The first kappa shape index (κ1) is 12.1. The molecule has 2 aliphatic rings. The van der Waals surface area contributed by atoms with Crippen LogP contribution < -0.4 is 5.59 Å². The summed E-state index contributed by atoms with van der Waals surface area (Å²) in [6, 6.07) is 1.22. The highest BCUT2D eigenvalue weighted by molar-refractivity contribution is 6.72. The molecule has 1 atom stereocenters. The van der Waals surface area contributed by atoms with Gasteiger partial charge in [0.1, 0.15) is 6.23 Å². The quantitative estimate of drug-likeness (QED) is 0.780. The third-order valence-corrected chi connectivity index (χ3v) is 3.54. The van der Waals surface area contributed by atoms with E-state index in [2.05, 4.69) is 5.10 Å². The van der Waals surface area contributed by atoms with Crippen LogP contribution in [-0.4, -0.2) is 23.4 Å². The summed E-state index contributed by atoms with van der Waals surface area (Å²) in [6.45, 7) is -4.50. The van der Waals surface area contributed by atoms with Gasteiger partial charge in [0, 0.05) is 12.5 Å². The molecular formula is C11H15BF3N2O-. The van der Waals surface area contributed by atoms with Gasteiger partial charge in [-0.3, -0.25) is 4.68 Å². The average molecular weight is 259 g/mol. The Morgan fingerprint density at radius 2 is 2.00 bits per heavy atom. The minimum absolute atomic E-state index is 0.228. The standard InChI is InChI=1S/C11H15BF3N2O/c13-12(14,15)10-7-9(8-4-5-8)16-17(10)11-3-1-2-6-18-11/h7-8,11H,1-6H2/q-1. The van der Waals surface area contributed by atoms with Crippen LogP contribution in [0.2, 0.25) is 0 Å². The lowest BCUT2D eigenvalue weighted by Crippen LogP contribution is -2.42. The number of nitrogens with zero attached hydrogens (tertiary/aromatic N) is 2. The van der Waals surface area contributed by atoms with Gasteiger partial charge < -0.3 is 17.7 Å². The zero-order chi connectivity index (χ0) is 12.8. The minimum Gasteiger partial charge on any atom is -0.444 e. The van der Waals surface area contributed by atoms with E-state index in [9.17, 15) is 12.9 Å². The number of hydrogen-bond donors (Lipinski definition) is 0. The van der Waals surface area contributed by atoms with Crippen LogP contribution in [0.25, 0.3) is 0 Å². The van der Waals surface area contributed by atoms with Crippen molar-refractivity contribution in [1.82, 2.24) is 9.78 Å². The van der Waals surface area contributed by atoms with Crippen LogP contribution in [0.3, 0.4) is 0 Å². The van der Waals surface area contributed by atoms with Gasteiger partial charge in [-0.1, -0.05) is 0 Å². The van der Waals surface area contributed by atoms with E-state index >= 15 is 0 Å². The Morgan fingerprint density at radius 1 is 1.22 bits per heavy atom. The Hall–Kier alpha value is -0.975. The molecule has 3 rings (SSSR count). The summed E-state index contributed by atoms with van der Waals surface area (Å²) in [7, 11) is 0. The smallest absolute Gasteiger partial charge is 0.444 e. The summed E-state index contributed by atoms with van der Waals surface area (Å²) < 4.78 is 45.6. The fourth-order valence-corrected chi connectivity index (χ4v) is 2.40. The first-order valence-corrected chi connectivity index (χ1v) is 6.46. The fourth-order valence-electron chi connectivity index (χ4n) is 2.40. The third kappa shape index (κ3) is 2.28. The van der Waals surface area contributed by atoms with E-state index in [0.717, 1.165) is 30.4 Å². The van der Waals surface area contributed by atoms with Crippen LogP contribution in [-0.2, 0) is 4.74 Å². The van der Waals surface area contributed by atoms with Gasteiger partial charge in [0.25, 0.3) is 0 Å². The SMILES string of the molecule is F[B-](F)(F)c1cc(C2CC2)nn1C1CCCCO1. The molecule has 0 amide bonds. The molecule has 0 radical (unpaired) electrons. The monoisotopic (exact) mass is 259 g/mol. The molecule has 1 saturated heterocycles. The number of halogens is 3. The highest BCUT2D eigenvalue weighted by Crippen LogP contribution is 2.39. The van der Waals surface area contributed by atoms with Gasteiger partial charge in [-0.15, -0.1) is 0 Å². The lowest BCUT2D eigenvalue weighted by Gasteiger charge is -2.27. The van der Waals surface area contributed by atoms with Crippen molar-refractivity contribution >= 4 is 12.6 Å². The zero-order valence-electron chi connectivity index (χ0n) is 9.99. The fraction of sp³-hybridized carbons (Fsp3) is 0.727. The van der Waals surface area contributed by atoms with Gasteiger partial charge in [0.2, 0.25) is 0 Å². The maximum atomic E-state index is 13.0. The highest BCUT2D eigenvalue weighted by atomic mass is 19.4. The lowest BCUT2D eigenvalue weighted by atomic mass is 9.85. The van der Waals surface area contributed by atoms with Crippen LogP contribution in [0.1, 0.15) is 49.9 Å². The molecule has 1 aromatic rings. The molecule has 3 nitrogen and oxygen atoms in total. The van der Waals surface area contributed by atoms with Crippen molar-refractivity contribution in [3.63, 3.8) is 0 Å². The summed E-state index contributed by atoms with van der Waals surface area (Å²) in [4.78, 5) is 0. The molecule has 0 N–H and O–H groups in total. The van der Waals surface area contributed by atoms with E-state index in [4.69, 9.17) is 4.74 Å². The third-order valence-electron chi connectivity index (χ3n) is 3.54. The van der Waals surface area contributed by atoms with Crippen molar-refractivity contribution in [3.05, 3.63) is 11.8 Å². The van der Waals surface area contributed by atoms with E-state index in [1.807, 2.05) is 0 Å². The van der Waals surface area contributed by atoms with Crippen molar-refractivity contribution in [1.29, 1.82) is 0 Å². The van der Waals surface area contributed by atoms with E-state index in [0.29, 0.717) is 18.7 Å². The van der Waals surface area contributed by atoms with Gasteiger partial charge in [-0.25, -0.2) is 0 Å². The molecule has 100 valence electrons. The average Bonchev–Trinajstić information content (AvgIpc) is 3.08. The van der Waals surface area contributed by atoms with Crippen LogP contribution in [0.4, 0.5) is 12.9 Å². The van der Waals surface area contributed by atoms with E-state index in [-0.39, 0.29) is 5.92 Å². The molecule has 2 heterocycles. The molecular weight excluding hydrogens is 244 g/mol. The van der Waals surface area contributed by atoms with E-state index in [1.165, 1.54) is 6.07 Å². The highest BCUT2D eigenvalue weighted by Gasteiger charge is 2.36. The minimum atomic E-state index is -5.03. The summed E-state index contributed by atoms with van der Waals surface area (Å²) in [5.41, 5.74) is -0.0258. The Bertz CT molecular complexity index is 436. The normalized spacial score (nSPS) is 25.4. The Morgan fingerprint density at radius 3 is 2.56 bits per heavy atom. The number of rotatable bonds is 3. The van der Waals surface area contributed by atoms with E-state index < -0.39 is 18.8 Å². The van der Waals surface area contributed by atoms with Crippen LogP contribution in [0.15, 0.2) is 6.07 Å². The summed E-state index contributed by atoms with van der Waals surface area (Å²) in [5, 5.41) is 4.15. The molecule has 18 heavy (non-hydrogen) atoms. The van der Waals surface area contributed by atoms with Crippen LogP contribution in [0, 0.1) is 0 Å². The molecule has 7 heteroatoms. The molecule has 1 unspecified atom stereocenters. The molecule has 2 fully saturated rings. The van der Waals surface area contributed by atoms with Crippen molar-refractivity contribution in [3.8, 4) is 0 Å². The van der Waals surface area contributed by atoms with Gasteiger partial charge in [-0.2, -0.15) is 5.10 Å². The van der Waals surface area contributed by atoms with Crippen molar-refractivity contribution in [2.75, 3.05) is 6.61 Å². The Kier molecular flexibility index (Phi) is 2.88. The second-order valence-electron chi connectivity index (χ2n) is 5.11. The summed E-state index contributed by atoms with van der Waals surface area (Å²) >= 11 is 0. The zero-order valence-corrected chi connectivity index (χ0v) is 9.99. The first-order valence-electron chi connectivity index (χ1n) is 6.46. The summed E-state index contributed by atoms with van der Waals surface area (Å²) in [6.07, 6.45) is 3.79. The molecule has 0 bridgehead atoms. The van der Waals surface area contributed by atoms with Gasteiger partial charge in [0.15, 0.2) is 0 Å². The molecule has 1 aliphatic heterocycles. The van der Waals surface area contributed by atoms with Gasteiger partial charge >= 0.3 is 6.98 Å². The number of aromatic nitrogens is 2. The maximum Gasteiger partial charge on any atom is 0.527 e. The molecule has 1 saturated carbocycles. The van der Waals surface area contributed by atoms with Crippen molar-refractivity contribution in [2.45, 2.75) is 44.2 Å². The predicted octanol–water partition coefficient (Wildman–Crippen LogP) is 2.51. The molecule has 0 aromatic carbocycles. The van der Waals surface area contributed by atoms with Crippen molar-refractivity contribution in [2.24, 2.45) is 0 Å². The lowest BCUT2D eigenvalue weighted by molar-refractivity contribution is -0.0382. The predicted molar refractivity (Wildman–Crippen MR) is 61.8 cm³/mol. The van der Waals surface area contributed by atoms with Crippen LogP contribution >= 0.6 is 0 Å². The second-order valence-corrected chi connectivity index (χ2v) is 5.11. The van der Waals surface area contributed by atoms with Gasteiger partial charge in [0.05, 0.1) is 5.69 Å². The topological polar surface area (TPSA) is 27.1 Å². The van der Waals surface area contributed by atoms with E-state index in [1.54, 1.807) is 0 Å². The Balaban J connectivity index is 1.94. The first-order chi connectivity index (χ1) is 8.55. The molecule has 1 aromatic heterocycles. The largest absolute Gasteiger partial charge is 0.527 e. The molecule has 0 spiro atoms. The maximum absolute atomic E-state index is 13.0. The molecule has 1 aliphatic carbocycles. The summed E-state index contributed by atoms with van der Waals surface area (Å²) in [5.74, 6) is 0.228.